The number of phenols is 2. The van der Waals surface area contributed by atoms with Gasteiger partial charge in [-0.2, -0.15) is 0 Å². The van der Waals surface area contributed by atoms with Crippen LogP contribution >= 0.6 is 0 Å². The van der Waals surface area contributed by atoms with Crippen LogP contribution in [-0.4, -0.2) is 106 Å². The number of phenolic OH excluding ortho intramolecular Hbond substituents is 2. The van der Waals surface area contributed by atoms with E-state index in [9.17, 15) is 44.1 Å². The fourth-order valence-corrected chi connectivity index (χ4v) is 6.52. The van der Waals surface area contributed by atoms with Gasteiger partial charge in [-0.1, -0.05) is 44.7 Å². The summed E-state index contributed by atoms with van der Waals surface area (Å²) in [5.41, 5.74) is 23.5. The maximum atomic E-state index is 14.3. The molecule has 1 aliphatic rings. The zero-order valence-corrected chi connectivity index (χ0v) is 33.2. The summed E-state index contributed by atoms with van der Waals surface area (Å²) >= 11 is 0. The molecule has 0 aliphatic carbocycles. The second-order valence-electron chi connectivity index (χ2n) is 14.4. The Kier molecular flexibility index (Phi) is 18.8. The molecule has 0 fully saturated rings. The fourth-order valence-electron chi connectivity index (χ4n) is 6.52. The molecule has 1 heterocycles. The Labute approximate surface area is 338 Å². The van der Waals surface area contributed by atoms with Crippen LogP contribution in [0.1, 0.15) is 88.3 Å². The average molecular weight is 813 g/mol. The van der Waals surface area contributed by atoms with Crippen LogP contribution in [-0.2, 0) is 35.2 Å². The molecule has 6 atom stereocenters. The SMILES string of the molecule is CCCCCCCC(=O)NCCC(=O)NC(CCCCN)C(=O)N(C)C1C(=O)NC(N)C(O)NC(C(=O)NC(N)C(N)=O)Cc2ccc(O)c(c2)-c2cc1ccc2O. The van der Waals surface area contributed by atoms with Crippen molar-refractivity contribution < 1.29 is 44.1 Å². The van der Waals surface area contributed by atoms with Crippen LogP contribution in [0.5, 0.6) is 11.5 Å². The van der Waals surface area contributed by atoms with Gasteiger partial charge in [0.2, 0.25) is 29.5 Å². The van der Waals surface area contributed by atoms with Gasteiger partial charge >= 0.3 is 0 Å². The molecule has 16 N–H and O–H groups in total. The largest absolute Gasteiger partial charge is 0.507 e. The number of amides is 6. The molecule has 3 rings (SSSR count). The van der Waals surface area contributed by atoms with E-state index in [1.165, 1.54) is 43.4 Å². The number of fused-ring (bicyclic) bond motifs is 5. The Bertz CT molecular complexity index is 1750. The van der Waals surface area contributed by atoms with Crippen molar-refractivity contribution >= 4 is 35.4 Å². The number of aliphatic hydroxyl groups excluding tert-OH is 1. The number of nitrogens with one attached hydrogen (secondary N) is 5. The molecule has 0 saturated carbocycles. The van der Waals surface area contributed by atoms with Gasteiger partial charge in [0.1, 0.15) is 36.0 Å². The molecule has 1 aliphatic heterocycles. The molecule has 58 heavy (non-hydrogen) atoms. The van der Waals surface area contributed by atoms with Crippen molar-refractivity contribution in [2.75, 3.05) is 20.1 Å². The van der Waals surface area contributed by atoms with Crippen LogP contribution in [0.2, 0.25) is 0 Å². The third-order valence-corrected chi connectivity index (χ3v) is 9.81. The van der Waals surface area contributed by atoms with Gasteiger partial charge in [-0.3, -0.25) is 34.1 Å². The molecule has 19 nitrogen and oxygen atoms in total. The molecule has 19 heteroatoms. The van der Waals surface area contributed by atoms with Crippen molar-refractivity contribution in [1.29, 1.82) is 0 Å². The Hall–Kier alpha value is -5.34. The van der Waals surface area contributed by atoms with Crippen LogP contribution in [0.4, 0.5) is 0 Å². The number of nitrogens with zero attached hydrogens (tertiary/aromatic N) is 1. The predicted octanol–water partition coefficient (Wildman–Crippen LogP) is -1.14. The second kappa shape index (κ2) is 23.2. The maximum absolute atomic E-state index is 14.3. The lowest BCUT2D eigenvalue weighted by Crippen LogP contribution is -2.63. The number of primary amides is 1. The number of aliphatic hydroxyl groups is 1. The van der Waals surface area contributed by atoms with Gasteiger partial charge < -0.3 is 64.4 Å². The minimum absolute atomic E-state index is 0.0588. The van der Waals surface area contributed by atoms with E-state index in [1.807, 2.05) is 0 Å². The van der Waals surface area contributed by atoms with Crippen LogP contribution in [0.25, 0.3) is 11.1 Å². The Morgan fingerprint density at radius 1 is 0.914 bits per heavy atom. The summed E-state index contributed by atoms with van der Waals surface area (Å²) in [4.78, 5) is 79.8. The Morgan fingerprint density at radius 2 is 1.59 bits per heavy atom. The standard InChI is InChI=1S/C39H60N10O9/c1-3-4-5-6-7-11-30(52)44-18-16-31(53)45-26(10-8-9-17-40)39(58)49(2)32-23-13-15-29(51)25(21-23)24-19-22(12-14-28(24)50)20-27(36(55)47-33(41)35(43)54)46-38(57)34(42)48-37(32)56/h12-15,19,21,26-27,32-34,38,46,50-51,57H,3-11,16-18,20,40-42H2,1-2H3,(H2,43,54)(H,44,52)(H,45,53)(H,47,55)(H,48,56). The topological polar surface area (TPSA) is 331 Å². The van der Waals surface area contributed by atoms with Crippen molar-refractivity contribution in [3.8, 4) is 22.6 Å². The van der Waals surface area contributed by atoms with Crippen molar-refractivity contribution in [2.24, 2.45) is 22.9 Å². The summed E-state index contributed by atoms with van der Waals surface area (Å²) < 4.78 is 0. The van der Waals surface area contributed by atoms with E-state index >= 15 is 0 Å². The van der Waals surface area contributed by atoms with Crippen LogP contribution in [0, 0.1) is 0 Å². The van der Waals surface area contributed by atoms with E-state index < -0.39 is 66.2 Å². The monoisotopic (exact) mass is 812 g/mol. The molecule has 6 amide bonds. The Balaban J connectivity index is 1.95. The first kappa shape index (κ1) is 47.0. The molecule has 2 aromatic rings. The van der Waals surface area contributed by atoms with Gasteiger partial charge in [0.25, 0.3) is 5.91 Å². The maximum Gasteiger partial charge on any atom is 0.254 e. The molecule has 4 bridgehead atoms. The zero-order chi connectivity index (χ0) is 42.9. The molecule has 0 aromatic heterocycles. The summed E-state index contributed by atoms with van der Waals surface area (Å²) in [5.74, 6) is -4.69. The van der Waals surface area contributed by atoms with E-state index in [-0.39, 0.29) is 59.9 Å². The minimum atomic E-state index is -1.79. The number of likely N-dealkylation sites (N-methyl/N-ethyl adjacent to an activating group) is 1. The van der Waals surface area contributed by atoms with Crippen LogP contribution in [0.15, 0.2) is 36.4 Å². The number of nitrogens with two attached hydrogens (primary N) is 4. The quantitative estimate of drug-likeness (QED) is 0.0591. The van der Waals surface area contributed by atoms with Crippen molar-refractivity contribution in [3.63, 3.8) is 0 Å². The predicted molar refractivity (Wildman–Crippen MR) is 215 cm³/mol. The summed E-state index contributed by atoms with van der Waals surface area (Å²) in [7, 11) is 1.34. The minimum Gasteiger partial charge on any atom is -0.507 e. The summed E-state index contributed by atoms with van der Waals surface area (Å²) in [6, 6.07) is 4.43. The zero-order valence-electron chi connectivity index (χ0n) is 33.2. The molecule has 0 saturated heterocycles. The highest BCUT2D eigenvalue weighted by Gasteiger charge is 2.36. The molecular weight excluding hydrogens is 752 g/mol. The molecule has 2 aromatic carbocycles. The van der Waals surface area contributed by atoms with Gasteiger partial charge in [0, 0.05) is 37.6 Å². The number of hydrogen-bond acceptors (Lipinski definition) is 13. The third kappa shape index (κ3) is 13.9. The van der Waals surface area contributed by atoms with Crippen LogP contribution < -0.4 is 49.5 Å². The number of carbonyl (C=O) groups excluding carboxylic acids is 6. The summed E-state index contributed by atoms with van der Waals surface area (Å²) in [6.45, 7) is 2.50. The average Bonchev–Trinajstić information content (AvgIpc) is 3.17. The van der Waals surface area contributed by atoms with E-state index in [0.29, 0.717) is 31.4 Å². The number of unbranched alkanes of at least 4 members (excludes halogenated alkanes) is 5. The lowest BCUT2D eigenvalue weighted by molar-refractivity contribution is -0.142. The van der Waals surface area contributed by atoms with Gasteiger partial charge in [0.05, 0.1) is 6.04 Å². The van der Waals surface area contributed by atoms with E-state index in [1.54, 1.807) is 0 Å². The van der Waals surface area contributed by atoms with Gasteiger partial charge in [-0.25, -0.2) is 0 Å². The molecule has 6 unspecified atom stereocenters. The number of benzene rings is 2. The highest BCUT2D eigenvalue weighted by Crippen LogP contribution is 2.39. The summed E-state index contributed by atoms with van der Waals surface area (Å²) in [6.07, 6.45) is 1.24. The normalized spacial score (nSPS) is 19.1. The smallest absolute Gasteiger partial charge is 0.254 e. The molecule has 0 spiro atoms. The van der Waals surface area contributed by atoms with Gasteiger partial charge in [-0.05, 0) is 74.0 Å². The molecule has 0 radical (unpaired) electrons. The highest BCUT2D eigenvalue weighted by atomic mass is 16.3. The van der Waals surface area contributed by atoms with E-state index in [0.717, 1.165) is 37.0 Å². The first-order chi connectivity index (χ1) is 27.6. The fraction of sp³-hybridized carbons (Fsp3) is 0.538. The van der Waals surface area contributed by atoms with Crippen LogP contribution in [0.3, 0.4) is 0 Å². The lowest BCUT2D eigenvalue weighted by atomic mass is 9.93. The second-order valence-corrected chi connectivity index (χ2v) is 14.4. The molecular formula is C39H60N10O9. The van der Waals surface area contributed by atoms with Gasteiger partial charge in [-0.15, -0.1) is 0 Å². The first-order valence-corrected chi connectivity index (χ1v) is 19.6. The number of hydrogen-bond donors (Lipinski definition) is 12. The number of rotatable bonds is 19. The van der Waals surface area contributed by atoms with Crippen molar-refractivity contribution in [2.45, 2.75) is 114 Å². The lowest BCUT2D eigenvalue weighted by Gasteiger charge is -2.33. The highest BCUT2D eigenvalue weighted by molar-refractivity contribution is 5.93. The van der Waals surface area contributed by atoms with Crippen molar-refractivity contribution in [1.82, 2.24) is 31.5 Å². The number of aromatic hydroxyl groups is 2. The van der Waals surface area contributed by atoms with E-state index in [4.69, 9.17) is 22.9 Å². The van der Waals surface area contributed by atoms with Gasteiger partial charge in [0.15, 0.2) is 6.17 Å². The Morgan fingerprint density at radius 3 is 2.26 bits per heavy atom. The molecule has 320 valence electrons. The first-order valence-electron chi connectivity index (χ1n) is 19.6. The van der Waals surface area contributed by atoms with Crippen molar-refractivity contribution in [3.05, 3.63) is 47.5 Å². The third-order valence-electron chi connectivity index (χ3n) is 9.81. The van der Waals surface area contributed by atoms with E-state index in [2.05, 4.69) is 33.5 Å². The number of carbonyl (C=O) groups is 6. The summed E-state index contributed by atoms with van der Waals surface area (Å²) in [5, 5.41) is 45.8.